The second-order valence-electron chi connectivity index (χ2n) is 7.01. The second kappa shape index (κ2) is 7.66. The first-order chi connectivity index (χ1) is 13.7. The molecule has 5 nitrogen and oxygen atoms in total. The van der Waals surface area contributed by atoms with Crippen molar-refractivity contribution in [2.75, 3.05) is 25.0 Å². The van der Waals surface area contributed by atoms with Crippen LogP contribution in [0.15, 0.2) is 18.2 Å². The van der Waals surface area contributed by atoms with Gasteiger partial charge < -0.3 is 10.3 Å². The average molecular weight is 444 g/mol. The normalized spacial score (nSPS) is 15.0. The number of rotatable bonds is 4. The van der Waals surface area contributed by atoms with Gasteiger partial charge >= 0.3 is 6.18 Å². The third-order valence-electron chi connectivity index (χ3n) is 5.00. The average Bonchev–Trinajstić information content (AvgIpc) is 2.99. The summed E-state index contributed by atoms with van der Waals surface area (Å²) in [5.74, 6) is 0.152. The van der Waals surface area contributed by atoms with Crippen molar-refractivity contribution >= 4 is 40.1 Å². The van der Waals surface area contributed by atoms with E-state index < -0.39 is 16.9 Å². The van der Waals surface area contributed by atoms with E-state index in [1.807, 2.05) is 13.0 Å². The molecule has 0 saturated heterocycles. The Morgan fingerprint density at radius 3 is 2.76 bits per heavy atom. The lowest BCUT2D eigenvalue weighted by Crippen LogP contribution is -2.34. The van der Waals surface area contributed by atoms with Gasteiger partial charge in [-0.05, 0) is 31.5 Å². The van der Waals surface area contributed by atoms with E-state index in [0.29, 0.717) is 24.7 Å². The Morgan fingerprint density at radius 2 is 2.00 bits per heavy atom. The van der Waals surface area contributed by atoms with Crippen LogP contribution in [0.5, 0.6) is 0 Å². The number of nitrogens with one attached hydrogen (secondary N) is 2. The number of fused-ring (bicyclic) bond motifs is 3. The monoisotopic (exact) mass is 443 g/mol. The predicted molar refractivity (Wildman–Crippen MR) is 108 cm³/mol. The molecule has 0 amide bonds. The molecule has 4 heterocycles. The largest absolute Gasteiger partial charge is 0.434 e. The third-order valence-corrected chi connectivity index (χ3v) is 5.68. The molecule has 0 aromatic carbocycles. The van der Waals surface area contributed by atoms with E-state index in [9.17, 15) is 13.2 Å². The van der Waals surface area contributed by atoms with Gasteiger partial charge in [0.2, 0.25) is 0 Å². The molecule has 1 aliphatic rings. The number of anilines is 1. The SMILES string of the molecule is Cc1nc2c3c([nH]c2cc1Cl)CN(CCNc1ccc(Cl)c(C(F)(F)F)n1)CC3. The van der Waals surface area contributed by atoms with Crippen LogP contribution in [0.25, 0.3) is 11.0 Å². The summed E-state index contributed by atoms with van der Waals surface area (Å²) in [4.78, 5) is 13.8. The van der Waals surface area contributed by atoms with E-state index in [4.69, 9.17) is 23.2 Å². The Hall–Kier alpha value is -2.03. The van der Waals surface area contributed by atoms with Crippen LogP contribution in [-0.2, 0) is 19.1 Å². The summed E-state index contributed by atoms with van der Waals surface area (Å²) in [6.45, 7) is 4.56. The summed E-state index contributed by atoms with van der Waals surface area (Å²) >= 11 is 11.8. The molecular formula is C19H18Cl2F3N5. The van der Waals surface area contributed by atoms with Crippen LogP contribution in [0.3, 0.4) is 0 Å². The predicted octanol–water partition coefficient (Wildman–Crippen LogP) is 5.06. The van der Waals surface area contributed by atoms with Gasteiger partial charge in [-0.3, -0.25) is 4.90 Å². The molecule has 4 rings (SSSR count). The lowest BCUT2D eigenvalue weighted by atomic mass is 10.1. The number of aromatic amines is 1. The van der Waals surface area contributed by atoms with Gasteiger partial charge in [-0.25, -0.2) is 9.97 Å². The summed E-state index contributed by atoms with van der Waals surface area (Å²) in [5.41, 5.74) is 3.93. The molecule has 0 atom stereocenters. The van der Waals surface area contributed by atoms with Crippen molar-refractivity contribution in [2.45, 2.75) is 26.1 Å². The molecule has 3 aromatic heterocycles. The Kier molecular flexibility index (Phi) is 5.35. The first-order valence-corrected chi connectivity index (χ1v) is 9.84. The van der Waals surface area contributed by atoms with E-state index in [-0.39, 0.29) is 5.82 Å². The van der Waals surface area contributed by atoms with Gasteiger partial charge in [-0.1, -0.05) is 23.2 Å². The lowest BCUT2D eigenvalue weighted by molar-refractivity contribution is -0.141. The molecule has 29 heavy (non-hydrogen) atoms. The zero-order valence-corrected chi connectivity index (χ0v) is 17.0. The van der Waals surface area contributed by atoms with Crippen LogP contribution in [-0.4, -0.2) is 39.5 Å². The molecule has 3 aromatic rings. The maximum Gasteiger partial charge on any atom is 0.434 e. The van der Waals surface area contributed by atoms with Crippen molar-refractivity contribution in [3.63, 3.8) is 0 Å². The molecule has 154 valence electrons. The minimum atomic E-state index is -4.58. The van der Waals surface area contributed by atoms with Crippen LogP contribution < -0.4 is 5.32 Å². The molecule has 10 heteroatoms. The molecule has 2 N–H and O–H groups in total. The smallest absolute Gasteiger partial charge is 0.369 e. The highest BCUT2D eigenvalue weighted by atomic mass is 35.5. The third kappa shape index (κ3) is 4.15. The van der Waals surface area contributed by atoms with Crippen molar-refractivity contribution in [3.8, 4) is 0 Å². The lowest BCUT2D eigenvalue weighted by Gasteiger charge is -2.26. The van der Waals surface area contributed by atoms with Gasteiger partial charge in [-0.15, -0.1) is 0 Å². The zero-order chi connectivity index (χ0) is 20.8. The summed E-state index contributed by atoms with van der Waals surface area (Å²) in [5, 5.41) is 3.17. The first-order valence-electron chi connectivity index (χ1n) is 9.09. The number of H-pyrrole nitrogens is 1. The first kappa shape index (κ1) is 20.3. The fourth-order valence-electron chi connectivity index (χ4n) is 3.54. The van der Waals surface area contributed by atoms with Crippen molar-refractivity contribution in [1.82, 2.24) is 19.9 Å². The van der Waals surface area contributed by atoms with Crippen molar-refractivity contribution in [2.24, 2.45) is 0 Å². The minimum absolute atomic E-state index is 0.152. The van der Waals surface area contributed by atoms with Gasteiger partial charge in [-0.2, -0.15) is 13.2 Å². The number of pyridine rings is 2. The van der Waals surface area contributed by atoms with E-state index >= 15 is 0 Å². The summed E-state index contributed by atoms with van der Waals surface area (Å²) < 4.78 is 38.8. The highest BCUT2D eigenvalue weighted by molar-refractivity contribution is 6.32. The van der Waals surface area contributed by atoms with Crippen molar-refractivity contribution in [1.29, 1.82) is 0 Å². The Labute approximate surface area is 175 Å². The minimum Gasteiger partial charge on any atom is -0.369 e. The van der Waals surface area contributed by atoms with Crippen LogP contribution in [0.2, 0.25) is 10.0 Å². The van der Waals surface area contributed by atoms with Gasteiger partial charge in [0.1, 0.15) is 5.82 Å². The van der Waals surface area contributed by atoms with Gasteiger partial charge in [0, 0.05) is 37.4 Å². The van der Waals surface area contributed by atoms with Crippen LogP contribution >= 0.6 is 23.2 Å². The molecular weight excluding hydrogens is 426 g/mol. The number of nitrogens with zero attached hydrogens (tertiary/aromatic N) is 3. The number of hydrogen-bond acceptors (Lipinski definition) is 4. The molecule has 0 aliphatic carbocycles. The fourth-order valence-corrected chi connectivity index (χ4v) is 3.90. The van der Waals surface area contributed by atoms with E-state index in [1.54, 1.807) is 0 Å². The Balaban J connectivity index is 1.40. The van der Waals surface area contributed by atoms with Crippen molar-refractivity contribution in [3.05, 3.63) is 50.9 Å². The van der Waals surface area contributed by atoms with E-state index in [2.05, 4.69) is 25.2 Å². The highest BCUT2D eigenvalue weighted by Gasteiger charge is 2.35. The van der Waals surface area contributed by atoms with Crippen LogP contribution in [0, 0.1) is 6.92 Å². The topological polar surface area (TPSA) is 56.8 Å². The van der Waals surface area contributed by atoms with E-state index in [0.717, 1.165) is 35.4 Å². The highest BCUT2D eigenvalue weighted by Crippen LogP contribution is 2.34. The quantitative estimate of drug-likeness (QED) is 0.591. The number of halogens is 5. The molecule has 0 spiro atoms. The molecule has 0 saturated carbocycles. The van der Waals surface area contributed by atoms with Crippen molar-refractivity contribution < 1.29 is 13.2 Å². The molecule has 0 fully saturated rings. The molecule has 1 aliphatic heterocycles. The number of alkyl halides is 3. The van der Waals surface area contributed by atoms with Gasteiger partial charge in [0.05, 0.1) is 26.8 Å². The number of aryl methyl sites for hydroxylation is 1. The van der Waals surface area contributed by atoms with Gasteiger partial charge in [0.15, 0.2) is 5.69 Å². The summed E-state index contributed by atoms with van der Waals surface area (Å²) in [7, 11) is 0. The number of hydrogen-bond donors (Lipinski definition) is 2. The molecule has 0 unspecified atom stereocenters. The summed E-state index contributed by atoms with van der Waals surface area (Å²) in [6.07, 6.45) is -3.73. The molecule has 0 bridgehead atoms. The Bertz CT molecular complexity index is 1060. The Morgan fingerprint density at radius 1 is 1.21 bits per heavy atom. The van der Waals surface area contributed by atoms with Gasteiger partial charge in [0.25, 0.3) is 0 Å². The maximum atomic E-state index is 12.9. The second-order valence-corrected chi connectivity index (χ2v) is 7.83. The standard InChI is InChI=1S/C19H18Cl2F3N5/c1-10-13(21)8-14-17(26-10)11-4-6-29(9-15(11)27-14)7-5-25-16-3-2-12(20)18(28-16)19(22,23)24/h2-3,8,27H,4-7,9H2,1H3,(H,25,28). The fraction of sp³-hybridized carbons (Fsp3) is 0.368. The molecule has 0 radical (unpaired) electrons. The van der Waals surface area contributed by atoms with Crippen LogP contribution in [0.4, 0.5) is 19.0 Å². The number of aromatic nitrogens is 3. The maximum absolute atomic E-state index is 12.9. The van der Waals surface area contributed by atoms with Crippen LogP contribution in [0.1, 0.15) is 22.6 Å². The summed E-state index contributed by atoms with van der Waals surface area (Å²) in [6, 6.07) is 4.55. The van der Waals surface area contributed by atoms with E-state index in [1.165, 1.54) is 17.7 Å². The zero-order valence-electron chi connectivity index (χ0n) is 15.5.